The Morgan fingerprint density at radius 3 is 2.56 bits per heavy atom. The number of nitrogens with zero attached hydrogens (tertiary/aromatic N) is 2. The molecule has 32 heavy (non-hydrogen) atoms. The predicted molar refractivity (Wildman–Crippen MR) is 124 cm³/mol. The van der Waals surface area contributed by atoms with E-state index in [0.717, 1.165) is 10.9 Å². The van der Waals surface area contributed by atoms with E-state index < -0.39 is 10.0 Å². The zero-order valence-electron chi connectivity index (χ0n) is 17.2. The van der Waals surface area contributed by atoms with Gasteiger partial charge in [-0.25, -0.2) is 8.42 Å². The number of benzene rings is 3. The topological polar surface area (TPSA) is 79.4 Å². The van der Waals surface area contributed by atoms with Crippen molar-refractivity contribution in [3.05, 3.63) is 102 Å². The van der Waals surface area contributed by atoms with Crippen molar-refractivity contribution >= 4 is 32.5 Å². The Morgan fingerprint density at radius 1 is 0.906 bits per heavy atom. The van der Waals surface area contributed by atoms with E-state index in [1.165, 1.54) is 22.0 Å². The van der Waals surface area contributed by atoms with E-state index in [0.29, 0.717) is 30.7 Å². The molecule has 1 aliphatic rings. The number of amides is 1. The molecule has 0 saturated carbocycles. The smallest absolute Gasteiger partial charge is 0.255 e. The molecule has 0 spiro atoms. The molecule has 0 atom stereocenters. The van der Waals surface area contributed by atoms with Gasteiger partial charge in [-0.3, -0.25) is 9.78 Å². The second-order valence-electron chi connectivity index (χ2n) is 7.72. The van der Waals surface area contributed by atoms with E-state index in [1.807, 2.05) is 48.5 Å². The minimum absolute atomic E-state index is 0.112. The van der Waals surface area contributed by atoms with Crippen LogP contribution in [0.25, 0.3) is 10.9 Å². The Kier molecular flexibility index (Phi) is 5.20. The van der Waals surface area contributed by atoms with Crippen LogP contribution < -0.4 is 5.32 Å². The zero-order chi connectivity index (χ0) is 22.1. The zero-order valence-corrected chi connectivity index (χ0v) is 18.0. The Balaban J connectivity index is 1.41. The van der Waals surface area contributed by atoms with E-state index >= 15 is 0 Å². The third-order valence-corrected chi connectivity index (χ3v) is 7.55. The maximum absolute atomic E-state index is 13.3. The molecule has 0 saturated heterocycles. The Hall–Kier alpha value is -3.55. The lowest BCUT2D eigenvalue weighted by atomic mass is 10.0. The molecule has 0 bridgehead atoms. The number of hydrogen-bond donors (Lipinski definition) is 1. The molecule has 1 amide bonds. The number of para-hydroxylation sites is 1. The maximum Gasteiger partial charge on any atom is 0.255 e. The summed E-state index contributed by atoms with van der Waals surface area (Å²) in [6.07, 6.45) is 2.34. The average Bonchev–Trinajstić information content (AvgIpc) is 2.84. The molecule has 7 heteroatoms. The van der Waals surface area contributed by atoms with Gasteiger partial charge in [0.15, 0.2) is 0 Å². The first-order valence-electron chi connectivity index (χ1n) is 10.3. The number of carbonyl (C=O) groups excluding carboxylic acids is 1. The summed E-state index contributed by atoms with van der Waals surface area (Å²) in [6, 6.07) is 23.3. The second-order valence-corrected chi connectivity index (χ2v) is 9.66. The first kappa shape index (κ1) is 20.4. The van der Waals surface area contributed by atoms with Crippen molar-refractivity contribution in [2.75, 3.05) is 11.9 Å². The van der Waals surface area contributed by atoms with Crippen LogP contribution in [0.2, 0.25) is 0 Å². The number of aromatic nitrogens is 1. The van der Waals surface area contributed by atoms with Gasteiger partial charge in [-0.2, -0.15) is 4.31 Å². The van der Waals surface area contributed by atoms with Crippen molar-refractivity contribution < 1.29 is 13.2 Å². The van der Waals surface area contributed by atoms with Crippen molar-refractivity contribution in [3.8, 4) is 0 Å². The lowest BCUT2D eigenvalue weighted by Crippen LogP contribution is -2.36. The highest BCUT2D eigenvalue weighted by atomic mass is 32.2. The molecule has 1 aliphatic heterocycles. The van der Waals surface area contributed by atoms with E-state index in [2.05, 4.69) is 10.3 Å². The molecule has 0 fully saturated rings. The van der Waals surface area contributed by atoms with Crippen LogP contribution in [0.5, 0.6) is 0 Å². The molecule has 6 nitrogen and oxygen atoms in total. The summed E-state index contributed by atoms with van der Waals surface area (Å²) in [5, 5.41) is 3.77. The van der Waals surface area contributed by atoms with E-state index in [9.17, 15) is 13.2 Å². The van der Waals surface area contributed by atoms with Crippen molar-refractivity contribution in [1.82, 2.24) is 9.29 Å². The molecule has 0 unspecified atom stereocenters. The Labute approximate surface area is 186 Å². The van der Waals surface area contributed by atoms with Crippen LogP contribution in [0.4, 0.5) is 5.69 Å². The van der Waals surface area contributed by atoms with Gasteiger partial charge in [0.1, 0.15) is 0 Å². The SMILES string of the molecule is O=C(Nc1cccc2cccnc12)c1cccc(S(=O)(=O)N2CCc3ccccc3C2)c1. The van der Waals surface area contributed by atoms with E-state index in [-0.39, 0.29) is 16.4 Å². The first-order valence-corrected chi connectivity index (χ1v) is 11.8. The van der Waals surface area contributed by atoms with Gasteiger partial charge in [-0.15, -0.1) is 0 Å². The fourth-order valence-electron chi connectivity index (χ4n) is 4.02. The lowest BCUT2D eigenvalue weighted by molar-refractivity contribution is 0.102. The summed E-state index contributed by atoms with van der Waals surface area (Å²) in [5.74, 6) is -0.385. The van der Waals surface area contributed by atoms with Crippen LogP contribution in [0.15, 0.2) is 90.0 Å². The summed E-state index contributed by atoms with van der Waals surface area (Å²) >= 11 is 0. The van der Waals surface area contributed by atoms with Crippen LogP contribution in [0, 0.1) is 0 Å². The van der Waals surface area contributed by atoms with Crippen molar-refractivity contribution in [1.29, 1.82) is 0 Å². The summed E-state index contributed by atoms with van der Waals surface area (Å²) in [4.78, 5) is 17.4. The minimum atomic E-state index is -3.73. The van der Waals surface area contributed by atoms with Crippen LogP contribution in [0.1, 0.15) is 21.5 Å². The number of sulfonamides is 1. The molecule has 4 aromatic rings. The van der Waals surface area contributed by atoms with Crippen LogP contribution >= 0.6 is 0 Å². The van der Waals surface area contributed by atoms with Gasteiger partial charge in [0, 0.05) is 30.2 Å². The molecule has 0 aliphatic carbocycles. The lowest BCUT2D eigenvalue weighted by Gasteiger charge is -2.28. The molecular formula is C25H21N3O3S. The van der Waals surface area contributed by atoms with Crippen molar-refractivity contribution in [2.45, 2.75) is 17.9 Å². The van der Waals surface area contributed by atoms with E-state index in [1.54, 1.807) is 24.4 Å². The minimum Gasteiger partial charge on any atom is -0.320 e. The van der Waals surface area contributed by atoms with E-state index in [4.69, 9.17) is 0 Å². The molecular weight excluding hydrogens is 422 g/mol. The summed E-state index contributed by atoms with van der Waals surface area (Å²) in [7, 11) is -3.73. The normalized spacial score (nSPS) is 14.1. The van der Waals surface area contributed by atoms with Gasteiger partial charge in [-0.05, 0) is 47.9 Å². The number of fused-ring (bicyclic) bond motifs is 2. The number of anilines is 1. The summed E-state index contributed by atoms with van der Waals surface area (Å²) in [6.45, 7) is 0.744. The highest BCUT2D eigenvalue weighted by Crippen LogP contribution is 2.26. The fraction of sp³-hybridized carbons (Fsp3) is 0.120. The maximum atomic E-state index is 13.3. The highest BCUT2D eigenvalue weighted by molar-refractivity contribution is 7.89. The number of nitrogens with one attached hydrogen (secondary N) is 1. The van der Waals surface area contributed by atoms with Gasteiger partial charge < -0.3 is 5.32 Å². The summed E-state index contributed by atoms with van der Waals surface area (Å²) < 4.78 is 28.1. The quantitative estimate of drug-likeness (QED) is 0.512. The van der Waals surface area contributed by atoms with Gasteiger partial charge in [-0.1, -0.05) is 48.5 Å². The molecule has 3 aromatic carbocycles. The average molecular weight is 444 g/mol. The first-order chi connectivity index (χ1) is 15.5. The molecule has 1 aromatic heterocycles. The third-order valence-electron chi connectivity index (χ3n) is 5.71. The molecule has 5 rings (SSSR count). The number of carbonyl (C=O) groups is 1. The summed E-state index contributed by atoms with van der Waals surface area (Å²) in [5.41, 5.74) is 3.72. The van der Waals surface area contributed by atoms with Gasteiger partial charge in [0.05, 0.1) is 16.1 Å². The van der Waals surface area contributed by atoms with Gasteiger partial charge >= 0.3 is 0 Å². The standard InChI is InChI=1S/C25H21N3O3S/c29-25(27-23-12-4-8-19-10-5-14-26-24(19)23)20-9-3-11-22(16-20)32(30,31)28-15-13-18-6-1-2-7-21(18)17-28/h1-12,14,16H,13,15,17H2,(H,27,29). The molecule has 0 radical (unpaired) electrons. The second kappa shape index (κ2) is 8.18. The molecule has 1 N–H and O–H groups in total. The number of hydrogen-bond acceptors (Lipinski definition) is 4. The third kappa shape index (κ3) is 3.77. The Morgan fingerprint density at radius 2 is 1.69 bits per heavy atom. The van der Waals surface area contributed by atoms with Crippen LogP contribution in [-0.2, 0) is 23.0 Å². The van der Waals surface area contributed by atoms with Crippen molar-refractivity contribution in [2.24, 2.45) is 0 Å². The molecule has 2 heterocycles. The molecule has 160 valence electrons. The van der Waals surface area contributed by atoms with Crippen LogP contribution in [-0.4, -0.2) is 30.2 Å². The van der Waals surface area contributed by atoms with Gasteiger partial charge in [0.2, 0.25) is 10.0 Å². The largest absolute Gasteiger partial charge is 0.320 e. The number of rotatable bonds is 4. The Bertz CT molecular complexity index is 1430. The fourth-order valence-corrected chi connectivity index (χ4v) is 5.49. The number of pyridine rings is 1. The highest BCUT2D eigenvalue weighted by Gasteiger charge is 2.28. The van der Waals surface area contributed by atoms with Gasteiger partial charge in [0.25, 0.3) is 5.91 Å². The predicted octanol–water partition coefficient (Wildman–Crippen LogP) is 4.23. The van der Waals surface area contributed by atoms with Crippen LogP contribution in [0.3, 0.4) is 0 Å². The monoisotopic (exact) mass is 443 g/mol. The van der Waals surface area contributed by atoms with Crippen molar-refractivity contribution in [3.63, 3.8) is 0 Å².